The van der Waals surface area contributed by atoms with Crippen LogP contribution in [-0.2, 0) is 21.7 Å². The summed E-state index contributed by atoms with van der Waals surface area (Å²) in [7, 11) is 0. The van der Waals surface area contributed by atoms with Crippen molar-refractivity contribution in [3.63, 3.8) is 0 Å². The summed E-state index contributed by atoms with van der Waals surface area (Å²) < 4.78 is 9.94. The van der Waals surface area contributed by atoms with Crippen molar-refractivity contribution in [2.75, 3.05) is 4.81 Å². The maximum atomic E-state index is 7.29. The first-order chi connectivity index (χ1) is 28.9. The van der Waals surface area contributed by atoms with E-state index in [-0.39, 0.29) is 28.5 Å². The number of nitrogens with zero attached hydrogens (tertiary/aromatic N) is 2. The van der Waals surface area contributed by atoms with Crippen molar-refractivity contribution in [1.82, 2.24) is 4.57 Å². The quantitative estimate of drug-likeness (QED) is 0.154. The first-order valence-corrected chi connectivity index (χ1v) is 22.2. The molecule has 0 fully saturated rings. The molecule has 1 aliphatic carbocycles. The predicted molar refractivity (Wildman–Crippen MR) is 261 cm³/mol. The molecule has 7 aromatic carbocycles. The molecule has 0 N–H and O–H groups in total. The third-order valence-corrected chi connectivity index (χ3v) is 14.6. The summed E-state index contributed by atoms with van der Waals surface area (Å²) in [5.41, 5.74) is 22.5. The molecule has 4 heteroatoms. The zero-order valence-corrected chi connectivity index (χ0v) is 37.4. The third-order valence-electron chi connectivity index (χ3n) is 14.6. The normalized spacial score (nSPS) is 15.2. The second-order valence-electron chi connectivity index (χ2n) is 21.8. The number of fused-ring (bicyclic) bond motifs is 16. The molecule has 0 saturated carbocycles. The van der Waals surface area contributed by atoms with E-state index in [2.05, 4.69) is 207 Å². The van der Waals surface area contributed by atoms with Crippen LogP contribution in [0.1, 0.15) is 104 Å². The molecule has 12 rings (SSSR count). The fourth-order valence-corrected chi connectivity index (χ4v) is 11.3. The van der Waals surface area contributed by atoms with Gasteiger partial charge < -0.3 is 13.8 Å². The molecule has 4 heterocycles. The molecule has 2 aromatic heterocycles. The van der Waals surface area contributed by atoms with E-state index >= 15 is 0 Å². The largest absolute Gasteiger partial charge is 0.455 e. The van der Waals surface area contributed by atoms with Gasteiger partial charge in [0.25, 0.3) is 0 Å². The van der Waals surface area contributed by atoms with Gasteiger partial charge in [0.1, 0.15) is 11.2 Å². The van der Waals surface area contributed by atoms with E-state index in [1.54, 1.807) is 0 Å². The summed E-state index contributed by atoms with van der Waals surface area (Å²) in [6.07, 6.45) is 0. The van der Waals surface area contributed by atoms with Crippen molar-refractivity contribution in [2.24, 2.45) is 0 Å². The van der Waals surface area contributed by atoms with Gasteiger partial charge in [-0.2, -0.15) is 0 Å². The fraction of sp³-hybridized carbons (Fsp3) is 0.263. The molecule has 2 aliphatic heterocycles. The van der Waals surface area contributed by atoms with E-state index in [9.17, 15) is 0 Å². The molecule has 0 radical (unpaired) electrons. The van der Waals surface area contributed by atoms with E-state index in [4.69, 9.17) is 4.42 Å². The van der Waals surface area contributed by atoms with Crippen LogP contribution in [0.2, 0.25) is 0 Å². The summed E-state index contributed by atoms with van der Waals surface area (Å²) in [5, 5.41) is 4.94. The van der Waals surface area contributed by atoms with Gasteiger partial charge in [-0.1, -0.05) is 149 Å². The van der Waals surface area contributed by atoms with Gasteiger partial charge in [-0.3, -0.25) is 0 Å². The van der Waals surface area contributed by atoms with E-state index in [0.717, 1.165) is 11.2 Å². The average molecular weight is 793 g/mol. The number of aromatic nitrogens is 1. The Kier molecular flexibility index (Phi) is 7.05. The number of rotatable bonds is 1. The zero-order valence-electron chi connectivity index (χ0n) is 37.4. The van der Waals surface area contributed by atoms with E-state index in [1.807, 2.05) is 0 Å². The minimum atomic E-state index is -0.137. The summed E-state index contributed by atoms with van der Waals surface area (Å²) in [6, 6.07) is 46.9. The lowest BCUT2D eigenvalue weighted by Crippen LogP contribution is -2.60. The van der Waals surface area contributed by atoms with Crippen LogP contribution in [0.15, 0.2) is 126 Å². The minimum absolute atomic E-state index is 0.0426. The fourth-order valence-electron chi connectivity index (χ4n) is 11.3. The summed E-state index contributed by atoms with van der Waals surface area (Å²) in [5.74, 6) is 0. The molecule has 0 bridgehead atoms. The molecule has 3 aliphatic rings. The van der Waals surface area contributed by atoms with E-state index in [0.29, 0.717) is 0 Å². The van der Waals surface area contributed by atoms with Gasteiger partial charge in [-0.15, -0.1) is 0 Å². The molecular weight excluding hydrogens is 739 g/mol. The molecule has 0 spiro atoms. The van der Waals surface area contributed by atoms with Crippen molar-refractivity contribution in [1.29, 1.82) is 0 Å². The summed E-state index contributed by atoms with van der Waals surface area (Å²) in [6.45, 7) is 25.6. The van der Waals surface area contributed by atoms with Gasteiger partial charge in [0.15, 0.2) is 0 Å². The van der Waals surface area contributed by atoms with Crippen LogP contribution >= 0.6 is 0 Å². The maximum absolute atomic E-state index is 7.29. The summed E-state index contributed by atoms with van der Waals surface area (Å²) >= 11 is 0. The zero-order chi connectivity index (χ0) is 42.3. The van der Waals surface area contributed by atoms with Crippen molar-refractivity contribution in [3.05, 3.63) is 149 Å². The number of para-hydroxylation sites is 1. The lowest BCUT2D eigenvalue weighted by molar-refractivity contribution is 0.590. The molecule has 0 amide bonds. The van der Waals surface area contributed by atoms with Crippen LogP contribution < -0.4 is 15.7 Å². The number of furan rings is 1. The van der Waals surface area contributed by atoms with Gasteiger partial charge in [0, 0.05) is 55.1 Å². The van der Waals surface area contributed by atoms with Gasteiger partial charge >= 0.3 is 6.85 Å². The van der Waals surface area contributed by atoms with Crippen molar-refractivity contribution in [3.8, 4) is 27.9 Å². The first kappa shape index (κ1) is 36.8. The maximum Gasteiger partial charge on any atom is 0.333 e. The van der Waals surface area contributed by atoms with Crippen molar-refractivity contribution >= 4 is 72.9 Å². The monoisotopic (exact) mass is 792 g/mol. The number of hydrogen-bond acceptors (Lipinski definition) is 2. The van der Waals surface area contributed by atoms with Crippen LogP contribution in [0, 0.1) is 0 Å². The highest BCUT2D eigenvalue weighted by Gasteiger charge is 2.47. The molecule has 300 valence electrons. The Hall–Kier alpha value is -6.00. The van der Waals surface area contributed by atoms with Gasteiger partial charge in [0.2, 0.25) is 0 Å². The number of benzene rings is 7. The molecular formula is C57H53BN2O. The molecule has 9 aromatic rings. The second kappa shape index (κ2) is 11.7. The standard InChI is InChI=1S/C57H53BN2O/c1-54(2,3)32-20-24-35(25-21-32)60-44-26-22-33(55(4,5)6)28-39(44)50-51-52-48(49-37-17-13-15-19-47(37)61-53(49)50)40-30-38-36-16-12-14-18-41(36)57(10,11)42(38)31-46(40)59(52)45-27-23-34(56(7,8)9)29-43(45)58(51)60/h12-31H,1-11H3. The van der Waals surface area contributed by atoms with Gasteiger partial charge in [-0.05, 0) is 115 Å². The highest BCUT2D eigenvalue weighted by atomic mass is 16.3. The molecule has 0 unspecified atom stereocenters. The van der Waals surface area contributed by atoms with Crippen LogP contribution in [0.5, 0.6) is 0 Å². The summed E-state index contributed by atoms with van der Waals surface area (Å²) in [4.78, 5) is 2.66. The predicted octanol–water partition coefficient (Wildman–Crippen LogP) is 14.1. The van der Waals surface area contributed by atoms with E-state index in [1.165, 1.54) is 111 Å². The SMILES string of the molecule is CC(C)(C)c1ccc(N2B3c4cc(C(C)(C)C)ccc4-n4c5cc6c(cc5c5c7c(oc8ccccc87)c(c3c54)-c3cc(C(C)(C)C)ccc32)-c2ccccc2C6(C)C)cc1. The first-order valence-electron chi connectivity index (χ1n) is 22.2. The lowest BCUT2D eigenvalue weighted by Gasteiger charge is -2.43. The topological polar surface area (TPSA) is 21.3 Å². The highest BCUT2D eigenvalue weighted by molar-refractivity contribution is 6.94. The number of hydrogen-bond donors (Lipinski definition) is 0. The second-order valence-corrected chi connectivity index (χ2v) is 21.8. The number of anilines is 2. The average Bonchev–Trinajstić information content (AvgIpc) is 3.84. The Morgan fingerprint density at radius 1 is 0.541 bits per heavy atom. The Balaban J connectivity index is 1.33. The Morgan fingerprint density at radius 3 is 1.90 bits per heavy atom. The van der Waals surface area contributed by atoms with Crippen LogP contribution in [0.25, 0.3) is 71.7 Å². The molecule has 3 nitrogen and oxygen atoms in total. The Bertz CT molecular complexity index is 3390. The molecule has 0 saturated heterocycles. The minimum Gasteiger partial charge on any atom is -0.455 e. The molecule has 0 atom stereocenters. The van der Waals surface area contributed by atoms with Crippen LogP contribution in [-0.4, -0.2) is 11.4 Å². The third kappa shape index (κ3) is 4.82. The Morgan fingerprint density at radius 2 is 1.18 bits per heavy atom. The van der Waals surface area contributed by atoms with Gasteiger partial charge in [0.05, 0.1) is 11.0 Å². The molecule has 61 heavy (non-hydrogen) atoms. The van der Waals surface area contributed by atoms with E-state index < -0.39 is 0 Å². The van der Waals surface area contributed by atoms with Crippen LogP contribution in [0.4, 0.5) is 11.4 Å². The van der Waals surface area contributed by atoms with Crippen molar-refractivity contribution < 1.29 is 4.42 Å². The Labute approximate surface area is 360 Å². The highest BCUT2D eigenvalue weighted by Crippen LogP contribution is 2.55. The van der Waals surface area contributed by atoms with Crippen molar-refractivity contribution in [2.45, 2.75) is 97.8 Å². The van der Waals surface area contributed by atoms with Gasteiger partial charge in [-0.25, -0.2) is 0 Å². The smallest absolute Gasteiger partial charge is 0.333 e. The van der Waals surface area contributed by atoms with Crippen LogP contribution in [0.3, 0.4) is 0 Å². The lowest BCUT2D eigenvalue weighted by atomic mass is 9.43.